The molecule has 1 aliphatic carbocycles. The molecule has 1 saturated carbocycles. The summed E-state index contributed by atoms with van der Waals surface area (Å²) < 4.78 is 14.1. The van der Waals surface area contributed by atoms with Crippen molar-refractivity contribution in [3.63, 3.8) is 0 Å². The minimum atomic E-state index is -0.581. The largest absolute Gasteiger partial charge is 0.348 e. The van der Waals surface area contributed by atoms with Gasteiger partial charge in [0.25, 0.3) is 5.91 Å². The van der Waals surface area contributed by atoms with Crippen molar-refractivity contribution >= 4 is 29.9 Å². The first-order valence-corrected chi connectivity index (χ1v) is 8.22. The molecule has 3 rings (SSSR count). The van der Waals surface area contributed by atoms with Crippen molar-refractivity contribution in [2.24, 2.45) is 5.73 Å². The van der Waals surface area contributed by atoms with Gasteiger partial charge < -0.3 is 16.0 Å². The average Bonchev–Trinajstić information content (AvgIpc) is 2.96. The number of hydrogen-bond acceptors (Lipinski definition) is 3. The van der Waals surface area contributed by atoms with Crippen LogP contribution in [0.5, 0.6) is 0 Å². The number of rotatable bonds is 3. The molecule has 132 valence electrons. The van der Waals surface area contributed by atoms with E-state index in [1.807, 2.05) is 0 Å². The lowest BCUT2D eigenvalue weighted by Gasteiger charge is -2.29. The second-order valence-corrected chi connectivity index (χ2v) is 6.34. The van der Waals surface area contributed by atoms with Gasteiger partial charge in [0.15, 0.2) is 0 Å². The maximum Gasteiger partial charge on any atom is 0.254 e. The van der Waals surface area contributed by atoms with Gasteiger partial charge >= 0.3 is 0 Å². The first-order valence-electron chi connectivity index (χ1n) is 8.22. The van der Waals surface area contributed by atoms with Crippen LogP contribution in [0.25, 0.3) is 0 Å². The van der Waals surface area contributed by atoms with Crippen molar-refractivity contribution in [2.45, 2.75) is 50.6 Å². The van der Waals surface area contributed by atoms with E-state index in [9.17, 15) is 14.0 Å². The lowest BCUT2D eigenvalue weighted by atomic mass is 9.91. The number of nitrogens with one attached hydrogen (secondary N) is 1. The van der Waals surface area contributed by atoms with Crippen molar-refractivity contribution < 1.29 is 14.0 Å². The fourth-order valence-corrected chi connectivity index (χ4v) is 3.36. The van der Waals surface area contributed by atoms with Crippen LogP contribution in [-0.4, -0.2) is 30.4 Å². The monoisotopic (exact) mass is 355 g/mol. The number of carbonyl (C=O) groups is 2. The fraction of sp³-hybridized carbons (Fsp3) is 0.529. The van der Waals surface area contributed by atoms with Crippen LogP contribution in [0.15, 0.2) is 18.2 Å². The highest BCUT2D eigenvalue weighted by Crippen LogP contribution is 2.24. The van der Waals surface area contributed by atoms with E-state index < -0.39 is 11.7 Å². The highest BCUT2D eigenvalue weighted by Gasteiger charge is 2.26. The molecule has 1 saturated heterocycles. The first-order chi connectivity index (χ1) is 11.1. The molecule has 0 bridgehead atoms. The number of anilines is 1. The zero-order valence-electron chi connectivity index (χ0n) is 13.5. The van der Waals surface area contributed by atoms with Crippen LogP contribution < -0.4 is 16.0 Å². The number of benzene rings is 1. The van der Waals surface area contributed by atoms with Crippen LogP contribution in [-0.2, 0) is 4.79 Å². The molecule has 1 aromatic rings. The van der Waals surface area contributed by atoms with E-state index in [0.717, 1.165) is 32.1 Å². The molecule has 0 unspecified atom stereocenters. The number of nitrogens with zero attached hydrogens (tertiary/aromatic N) is 1. The molecule has 1 aromatic carbocycles. The summed E-state index contributed by atoms with van der Waals surface area (Å²) in [5.41, 5.74) is 6.58. The van der Waals surface area contributed by atoms with Crippen molar-refractivity contribution in [3.05, 3.63) is 29.6 Å². The molecule has 7 heteroatoms. The highest BCUT2D eigenvalue weighted by molar-refractivity contribution is 5.99. The van der Waals surface area contributed by atoms with Crippen molar-refractivity contribution in [1.29, 1.82) is 0 Å². The fourth-order valence-electron chi connectivity index (χ4n) is 3.36. The summed E-state index contributed by atoms with van der Waals surface area (Å²) in [6.07, 6.45) is 5.05. The molecule has 2 aliphatic rings. The Morgan fingerprint density at radius 3 is 2.67 bits per heavy atom. The van der Waals surface area contributed by atoms with E-state index >= 15 is 0 Å². The van der Waals surface area contributed by atoms with Gasteiger partial charge in [0.2, 0.25) is 5.91 Å². The topological polar surface area (TPSA) is 75.4 Å². The van der Waals surface area contributed by atoms with Gasteiger partial charge in [-0.05, 0) is 37.5 Å². The van der Waals surface area contributed by atoms with Crippen LogP contribution in [0.2, 0.25) is 0 Å². The number of carbonyl (C=O) groups excluding carboxylic acids is 2. The maximum atomic E-state index is 14.1. The average molecular weight is 356 g/mol. The van der Waals surface area contributed by atoms with Crippen LogP contribution in [0.1, 0.15) is 48.9 Å². The molecule has 5 nitrogen and oxygen atoms in total. The summed E-state index contributed by atoms with van der Waals surface area (Å²) in [5, 5.41) is 2.85. The Balaban J connectivity index is 0.00000208. The Labute approximate surface area is 147 Å². The number of halogens is 2. The van der Waals surface area contributed by atoms with Crippen molar-refractivity contribution in [1.82, 2.24) is 5.32 Å². The third kappa shape index (κ3) is 3.87. The molecule has 0 spiro atoms. The molecule has 0 aromatic heterocycles. The molecular weight excluding hydrogens is 333 g/mol. The highest BCUT2D eigenvalue weighted by atomic mass is 35.5. The van der Waals surface area contributed by atoms with Gasteiger partial charge in [-0.2, -0.15) is 0 Å². The van der Waals surface area contributed by atoms with Crippen LogP contribution in [0, 0.1) is 5.82 Å². The Morgan fingerprint density at radius 2 is 2.00 bits per heavy atom. The molecular formula is C17H23ClFN3O2. The molecule has 2 atom stereocenters. The summed E-state index contributed by atoms with van der Waals surface area (Å²) >= 11 is 0. The molecule has 2 amide bonds. The standard InChI is InChI=1S/C17H22FN3O2.ClH/c18-13-8-7-11(21-9-3-6-16(21)22)10-12(13)17(23)20-15-5-2-1-4-14(15)19;/h7-8,10,14-15H,1-6,9,19H2,(H,20,23);1H/t14-,15-;/m1./s1. The van der Waals surface area contributed by atoms with Gasteiger partial charge in [-0.3, -0.25) is 9.59 Å². The molecule has 0 radical (unpaired) electrons. The third-order valence-corrected chi connectivity index (χ3v) is 4.72. The smallest absolute Gasteiger partial charge is 0.254 e. The summed E-state index contributed by atoms with van der Waals surface area (Å²) in [6, 6.07) is 4.05. The van der Waals surface area contributed by atoms with E-state index in [2.05, 4.69) is 5.32 Å². The Bertz CT molecular complexity index is 626. The third-order valence-electron chi connectivity index (χ3n) is 4.72. The maximum absolute atomic E-state index is 14.1. The van der Waals surface area contributed by atoms with E-state index in [0.29, 0.717) is 18.7 Å². The predicted octanol–water partition coefficient (Wildman–Crippen LogP) is 2.37. The number of amides is 2. The Hall–Kier alpha value is -1.66. The number of nitrogens with two attached hydrogens (primary N) is 1. The van der Waals surface area contributed by atoms with Gasteiger partial charge in [0, 0.05) is 30.7 Å². The van der Waals surface area contributed by atoms with E-state index in [1.165, 1.54) is 12.1 Å². The quantitative estimate of drug-likeness (QED) is 0.874. The lowest BCUT2D eigenvalue weighted by Crippen LogP contribution is -2.49. The Morgan fingerprint density at radius 1 is 1.25 bits per heavy atom. The molecule has 3 N–H and O–H groups in total. The van der Waals surface area contributed by atoms with E-state index in [1.54, 1.807) is 11.0 Å². The summed E-state index contributed by atoms with van der Waals surface area (Å²) in [5.74, 6) is -1.03. The zero-order chi connectivity index (χ0) is 16.4. The van der Waals surface area contributed by atoms with Crippen molar-refractivity contribution in [3.8, 4) is 0 Å². The SMILES string of the molecule is Cl.N[C@@H]1CCCC[C@H]1NC(=O)c1cc(N2CCCC2=O)ccc1F. The van der Waals surface area contributed by atoms with Crippen LogP contribution in [0.3, 0.4) is 0 Å². The van der Waals surface area contributed by atoms with Gasteiger partial charge in [-0.25, -0.2) is 4.39 Å². The lowest BCUT2D eigenvalue weighted by molar-refractivity contribution is -0.117. The van der Waals surface area contributed by atoms with E-state index in [4.69, 9.17) is 5.73 Å². The van der Waals surface area contributed by atoms with Crippen molar-refractivity contribution in [2.75, 3.05) is 11.4 Å². The van der Waals surface area contributed by atoms with Crippen LogP contribution in [0.4, 0.5) is 10.1 Å². The summed E-state index contributed by atoms with van der Waals surface area (Å²) in [7, 11) is 0. The second-order valence-electron chi connectivity index (χ2n) is 6.34. The van der Waals surface area contributed by atoms with E-state index in [-0.39, 0.29) is 36.0 Å². The Kier molecular flexibility index (Phi) is 6.18. The minimum absolute atomic E-state index is 0. The second kappa shape index (κ2) is 7.94. The van der Waals surface area contributed by atoms with Crippen LogP contribution >= 0.6 is 12.4 Å². The molecule has 2 fully saturated rings. The first kappa shape index (κ1) is 18.7. The minimum Gasteiger partial charge on any atom is -0.348 e. The molecule has 1 aliphatic heterocycles. The molecule has 24 heavy (non-hydrogen) atoms. The van der Waals surface area contributed by atoms with Gasteiger partial charge in [0.05, 0.1) is 5.56 Å². The normalized spacial score (nSPS) is 23.8. The summed E-state index contributed by atoms with van der Waals surface area (Å²) in [4.78, 5) is 25.8. The predicted molar refractivity (Wildman–Crippen MR) is 92.9 cm³/mol. The molecule has 1 heterocycles. The van der Waals surface area contributed by atoms with Gasteiger partial charge in [0.1, 0.15) is 5.82 Å². The van der Waals surface area contributed by atoms with Gasteiger partial charge in [-0.1, -0.05) is 12.8 Å². The van der Waals surface area contributed by atoms with Gasteiger partial charge in [-0.15, -0.1) is 12.4 Å². The number of hydrogen-bond donors (Lipinski definition) is 2. The summed E-state index contributed by atoms with van der Waals surface area (Å²) in [6.45, 7) is 0.610. The zero-order valence-corrected chi connectivity index (χ0v) is 14.3.